The molecule has 0 saturated carbocycles. The summed E-state index contributed by atoms with van der Waals surface area (Å²) in [5, 5.41) is 4.54. The third kappa shape index (κ3) is 4.03. The second kappa shape index (κ2) is 7.16. The predicted octanol–water partition coefficient (Wildman–Crippen LogP) is 0.488. The van der Waals surface area contributed by atoms with E-state index >= 15 is 0 Å². The summed E-state index contributed by atoms with van der Waals surface area (Å²) in [4.78, 5) is 40.8. The number of benzene rings is 1. The van der Waals surface area contributed by atoms with E-state index in [-0.39, 0.29) is 12.3 Å². The topological polar surface area (TPSA) is 96.3 Å². The zero-order valence-corrected chi connectivity index (χ0v) is 13.8. The van der Waals surface area contributed by atoms with Crippen molar-refractivity contribution in [3.05, 3.63) is 54.1 Å². The van der Waals surface area contributed by atoms with Crippen molar-refractivity contribution < 1.29 is 14.4 Å². The van der Waals surface area contributed by atoms with Crippen molar-refractivity contribution in [2.75, 3.05) is 7.05 Å². The highest BCUT2D eigenvalue weighted by Crippen LogP contribution is 2.09. The van der Waals surface area contributed by atoms with Gasteiger partial charge in [-0.05, 0) is 5.56 Å². The van der Waals surface area contributed by atoms with Gasteiger partial charge < -0.3 is 14.8 Å². The van der Waals surface area contributed by atoms with Crippen LogP contribution in [0.4, 0.5) is 4.79 Å². The van der Waals surface area contributed by atoms with Crippen LogP contribution in [-0.4, -0.2) is 45.4 Å². The van der Waals surface area contributed by atoms with Crippen LogP contribution in [0, 0.1) is 0 Å². The first-order valence-electron chi connectivity index (χ1n) is 7.92. The molecule has 0 bridgehead atoms. The molecule has 1 aromatic heterocycles. The molecule has 1 atom stereocenters. The summed E-state index contributed by atoms with van der Waals surface area (Å²) in [6.07, 6.45) is 3.49. The van der Waals surface area contributed by atoms with E-state index in [0.29, 0.717) is 13.1 Å². The Labute approximate surface area is 144 Å². The van der Waals surface area contributed by atoms with Gasteiger partial charge in [0.05, 0.1) is 13.0 Å². The number of amides is 4. The number of hydrogen-bond acceptors (Lipinski definition) is 4. The second-order valence-electron chi connectivity index (χ2n) is 5.93. The third-order valence-corrected chi connectivity index (χ3v) is 4.04. The molecule has 3 rings (SSSR count). The van der Waals surface area contributed by atoms with E-state index in [2.05, 4.69) is 15.6 Å². The number of nitrogens with zero attached hydrogens (tertiary/aromatic N) is 3. The van der Waals surface area contributed by atoms with Crippen molar-refractivity contribution >= 4 is 17.8 Å². The number of hydrogen-bond donors (Lipinski definition) is 2. The lowest BCUT2D eigenvalue weighted by Crippen LogP contribution is -2.37. The van der Waals surface area contributed by atoms with Crippen molar-refractivity contribution in [2.45, 2.75) is 25.6 Å². The molecule has 1 aliphatic heterocycles. The highest BCUT2D eigenvalue weighted by atomic mass is 16.2. The molecule has 0 radical (unpaired) electrons. The molecule has 1 aromatic carbocycles. The van der Waals surface area contributed by atoms with Gasteiger partial charge in [0.1, 0.15) is 11.9 Å². The summed E-state index contributed by atoms with van der Waals surface area (Å²) in [6.45, 7) is 0.986. The Morgan fingerprint density at radius 2 is 2.04 bits per heavy atom. The standard InChI is InChI=1S/C17H19N5O3/c1-21(15(23)9-13-16(24)20-17(25)19-13)11-14-18-7-8-22(14)10-12-5-3-2-4-6-12/h2-8,13H,9-11H2,1H3,(H2,19,20,24,25)/t13-/m1/s1. The molecule has 1 aliphatic rings. The highest BCUT2D eigenvalue weighted by molar-refractivity contribution is 6.05. The zero-order valence-electron chi connectivity index (χ0n) is 13.8. The summed E-state index contributed by atoms with van der Waals surface area (Å²) >= 11 is 0. The maximum atomic E-state index is 12.3. The van der Waals surface area contributed by atoms with Crippen LogP contribution in [-0.2, 0) is 22.7 Å². The predicted molar refractivity (Wildman–Crippen MR) is 89.3 cm³/mol. The fourth-order valence-corrected chi connectivity index (χ4v) is 2.65. The zero-order chi connectivity index (χ0) is 17.8. The monoisotopic (exact) mass is 341 g/mol. The normalized spacial score (nSPS) is 16.4. The van der Waals surface area contributed by atoms with Crippen LogP contribution < -0.4 is 10.6 Å². The van der Waals surface area contributed by atoms with E-state index in [1.54, 1.807) is 13.2 Å². The molecule has 25 heavy (non-hydrogen) atoms. The molecular weight excluding hydrogens is 322 g/mol. The largest absolute Gasteiger partial charge is 0.338 e. The average Bonchev–Trinajstić information content (AvgIpc) is 3.14. The summed E-state index contributed by atoms with van der Waals surface area (Å²) in [5.74, 6) is 0.0357. The molecule has 0 unspecified atom stereocenters. The number of imidazole rings is 1. The minimum absolute atomic E-state index is 0.0759. The first kappa shape index (κ1) is 16.7. The lowest BCUT2D eigenvalue weighted by molar-refractivity contribution is -0.133. The lowest BCUT2D eigenvalue weighted by atomic mass is 10.2. The van der Waals surface area contributed by atoms with Gasteiger partial charge in [0.25, 0.3) is 5.91 Å². The average molecular weight is 341 g/mol. The molecule has 1 fully saturated rings. The number of imide groups is 1. The van der Waals surface area contributed by atoms with Gasteiger partial charge in [-0.25, -0.2) is 9.78 Å². The molecule has 4 amide bonds. The number of rotatable bonds is 6. The van der Waals surface area contributed by atoms with E-state index < -0.39 is 18.0 Å². The number of nitrogens with one attached hydrogen (secondary N) is 2. The SMILES string of the molecule is CN(Cc1nccn1Cc1ccccc1)C(=O)C[C@H]1NC(=O)NC1=O. The second-order valence-corrected chi connectivity index (χ2v) is 5.93. The van der Waals surface area contributed by atoms with Gasteiger partial charge in [0.15, 0.2) is 0 Å². The Kier molecular flexibility index (Phi) is 4.78. The molecule has 8 heteroatoms. The molecular formula is C17H19N5O3. The van der Waals surface area contributed by atoms with Crippen LogP contribution in [0.25, 0.3) is 0 Å². The first-order chi connectivity index (χ1) is 12.0. The maximum Gasteiger partial charge on any atom is 0.322 e. The number of carbonyl (C=O) groups is 3. The molecule has 2 N–H and O–H groups in total. The quantitative estimate of drug-likeness (QED) is 0.747. The van der Waals surface area contributed by atoms with E-state index in [0.717, 1.165) is 11.4 Å². The Bertz CT molecular complexity index is 787. The van der Waals surface area contributed by atoms with E-state index in [4.69, 9.17) is 0 Å². The molecule has 1 saturated heterocycles. The van der Waals surface area contributed by atoms with Gasteiger partial charge in [0, 0.05) is 26.0 Å². The van der Waals surface area contributed by atoms with E-state index in [1.807, 2.05) is 41.1 Å². The molecule has 0 aliphatic carbocycles. The van der Waals surface area contributed by atoms with Crippen molar-refractivity contribution in [1.29, 1.82) is 0 Å². The van der Waals surface area contributed by atoms with Gasteiger partial charge in [-0.15, -0.1) is 0 Å². The Morgan fingerprint density at radius 1 is 1.28 bits per heavy atom. The molecule has 130 valence electrons. The van der Waals surface area contributed by atoms with Crippen LogP contribution >= 0.6 is 0 Å². The molecule has 2 heterocycles. The number of aromatic nitrogens is 2. The van der Waals surface area contributed by atoms with E-state index in [1.165, 1.54) is 4.90 Å². The molecule has 2 aromatic rings. The van der Waals surface area contributed by atoms with E-state index in [9.17, 15) is 14.4 Å². The van der Waals surface area contributed by atoms with Crippen molar-refractivity contribution in [2.24, 2.45) is 0 Å². The minimum atomic E-state index is -0.813. The Morgan fingerprint density at radius 3 is 2.72 bits per heavy atom. The van der Waals surface area contributed by atoms with Crippen LogP contribution in [0.5, 0.6) is 0 Å². The van der Waals surface area contributed by atoms with Crippen LogP contribution in [0.1, 0.15) is 17.8 Å². The number of carbonyl (C=O) groups excluding carboxylic acids is 3. The Balaban J connectivity index is 1.60. The highest BCUT2D eigenvalue weighted by Gasteiger charge is 2.32. The van der Waals surface area contributed by atoms with Crippen molar-refractivity contribution in [3.8, 4) is 0 Å². The third-order valence-electron chi connectivity index (χ3n) is 4.04. The van der Waals surface area contributed by atoms with Crippen LogP contribution in [0.15, 0.2) is 42.7 Å². The van der Waals surface area contributed by atoms with Gasteiger partial charge in [-0.2, -0.15) is 0 Å². The smallest absolute Gasteiger partial charge is 0.322 e. The van der Waals surface area contributed by atoms with Crippen molar-refractivity contribution in [3.63, 3.8) is 0 Å². The van der Waals surface area contributed by atoms with Gasteiger partial charge >= 0.3 is 6.03 Å². The van der Waals surface area contributed by atoms with Gasteiger partial charge in [-0.1, -0.05) is 30.3 Å². The summed E-state index contributed by atoms with van der Waals surface area (Å²) in [5.41, 5.74) is 1.14. The summed E-state index contributed by atoms with van der Waals surface area (Å²) in [6, 6.07) is 8.59. The van der Waals surface area contributed by atoms with Gasteiger partial charge in [0.2, 0.25) is 5.91 Å². The number of urea groups is 1. The Hall–Kier alpha value is -3.16. The molecule has 0 spiro atoms. The minimum Gasteiger partial charge on any atom is -0.338 e. The fourth-order valence-electron chi connectivity index (χ4n) is 2.65. The first-order valence-corrected chi connectivity index (χ1v) is 7.92. The molecule has 8 nitrogen and oxygen atoms in total. The summed E-state index contributed by atoms with van der Waals surface area (Å²) in [7, 11) is 1.65. The van der Waals surface area contributed by atoms with Crippen LogP contribution in [0.3, 0.4) is 0 Å². The fraction of sp³-hybridized carbons (Fsp3) is 0.294. The van der Waals surface area contributed by atoms with Crippen LogP contribution in [0.2, 0.25) is 0 Å². The maximum absolute atomic E-state index is 12.3. The van der Waals surface area contributed by atoms with Crippen molar-refractivity contribution in [1.82, 2.24) is 25.1 Å². The van der Waals surface area contributed by atoms with Gasteiger partial charge in [-0.3, -0.25) is 14.9 Å². The lowest BCUT2D eigenvalue weighted by Gasteiger charge is -2.19. The summed E-state index contributed by atoms with van der Waals surface area (Å²) < 4.78 is 1.98.